The number of ether oxygens (including phenoxy) is 1. The number of aromatic nitrogens is 3. The van der Waals surface area contributed by atoms with Gasteiger partial charge in [0.25, 0.3) is 0 Å². The standard InChI is InChI=1S/C22H27N7O2/c1-12(2)19-21(30)27-18-13(3)25-22(28-20(18)29(19)4)26-16-7-14(8-16)11-31-17-6-5-15(9-23)24-10-17/h5-6,10,12,14,16,19H,7-8,11H2,1-4H3,(H,27,30)(H,25,26,28). The van der Waals surface area contributed by atoms with Crippen LogP contribution in [0.1, 0.15) is 38.1 Å². The van der Waals surface area contributed by atoms with Gasteiger partial charge in [-0.2, -0.15) is 10.2 Å². The van der Waals surface area contributed by atoms with Gasteiger partial charge in [0.2, 0.25) is 11.9 Å². The lowest BCUT2D eigenvalue weighted by Gasteiger charge is -2.38. The summed E-state index contributed by atoms with van der Waals surface area (Å²) in [5.41, 5.74) is 1.82. The number of hydrogen-bond donors (Lipinski definition) is 2. The van der Waals surface area contributed by atoms with Crippen LogP contribution in [0, 0.1) is 30.1 Å². The first-order valence-electron chi connectivity index (χ1n) is 10.5. The van der Waals surface area contributed by atoms with E-state index in [1.807, 2.05) is 38.8 Å². The molecule has 1 fully saturated rings. The molecule has 1 amide bonds. The molecule has 2 aromatic rings. The Balaban J connectivity index is 1.34. The molecular weight excluding hydrogens is 394 g/mol. The van der Waals surface area contributed by atoms with Crippen LogP contribution in [0.25, 0.3) is 0 Å². The van der Waals surface area contributed by atoms with Crippen molar-refractivity contribution in [3.05, 3.63) is 29.7 Å². The molecule has 2 aliphatic rings. The van der Waals surface area contributed by atoms with Gasteiger partial charge >= 0.3 is 0 Å². The number of carbonyl (C=O) groups excluding carboxylic acids is 1. The second-order valence-electron chi connectivity index (χ2n) is 8.60. The van der Waals surface area contributed by atoms with Crippen LogP contribution in [0.15, 0.2) is 18.3 Å². The third-order valence-corrected chi connectivity index (χ3v) is 5.88. The fraction of sp³-hybridized carbons (Fsp3) is 0.500. The van der Waals surface area contributed by atoms with Crippen LogP contribution in [-0.2, 0) is 4.79 Å². The van der Waals surface area contributed by atoms with Crippen LogP contribution in [0.2, 0.25) is 0 Å². The number of nitriles is 1. The summed E-state index contributed by atoms with van der Waals surface area (Å²) in [5.74, 6) is 2.61. The third-order valence-electron chi connectivity index (χ3n) is 5.88. The quantitative estimate of drug-likeness (QED) is 0.731. The van der Waals surface area contributed by atoms with E-state index in [9.17, 15) is 4.79 Å². The Hall–Kier alpha value is -3.41. The van der Waals surface area contributed by atoms with E-state index in [0.717, 1.165) is 24.4 Å². The number of nitrogens with one attached hydrogen (secondary N) is 2. The summed E-state index contributed by atoms with van der Waals surface area (Å²) in [6.45, 7) is 6.56. The number of rotatable bonds is 6. The van der Waals surface area contributed by atoms with E-state index in [1.165, 1.54) is 0 Å². The number of hydrogen-bond acceptors (Lipinski definition) is 8. The molecule has 0 spiro atoms. The molecule has 2 N–H and O–H groups in total. The molecule has 1 unspecified atom stereocenters. The predicted octanol–water partition coefficient (Wildman–Crippen LogP) is 2.73. The summed E-state index contributed by atoms with van der Waals surface area (Å²) in [6.07, 6.45) is 3.51. The molecule has 162 valence electrons. The van der Waals surface area contributed by atoms with E-state index in [-0.39, 0.29) is 23.9 Å². The lowest BCUT2D eigenvalue weighted by Crippen LogP contribution is -2.50. The normalized spacial score (nSPS) is 22.3. The average Bonchev–Trinajstić information content (AvgIpc) is 2.70. The van der Waals surface area contributed by atoms with Crippen LogP contribution in [0.4, 0.5) is 17.5 Å². The molecule has 1 saturated carbocycles. The monoisotopic (exact) mass is 421 g/mol. The van der Waals surface area contributed by atoms with Gasteiger partial charge in [0.05, 0.1) is 18.5 Å². The zero-order chi connectivity index (χ0) is 22.1. The third kappa shape index (κ3) is 4.24. The van der Waals surface area contributed by atoms with E-state index >= 15 is 0 Å². The number of pyridine rings is 1. The second kappa shape index (κ2) is 8.38. The molecule has 1 aliphatic heterocycles. The van der Waals surface area contributed by atoms with Crippen molar-refractivity contribution in [1.29, 1.82) is 5.26 Å². The van der Waals surface area contributed by atoms with Gasteiger partial charge in [-0.05, 0) is 43.7 Å². The smallest absolute Gasteiger partial charge is 0.247 e. The number of amides is 1. The average molecular weight is 422 g/mol. The van der Waals surface area contributed by atoms with E-state index in [0.29, 0.717) is 35.6 Å². The van der Waals surface area contributed by atoms with Crippen LogP contribution in [0.3, 0.4) is 0 Å². The highest BCUT2D eigenvalue weighted by Gasteiger charge is 2.36. The molecule has 4 rings (SSSR count). The van der Waals surface area contributed by atoms with Gasteiger partial charge in [0.15, 0.2) is 5.82 Å². The Kier molecular flexibility index (Phi) is 5.63. The first-order valence-corrected chi connectivity index (χ1v) is 10.5. The van der Waals surface area contributed by atoms with Gasteiger partial charge in [-0.1, -0.05) is 13.8 Å². The van der Waals surface area contributed by atoms with Crippen molar-refractivity contribution >= 4 is 23.4 Å². The van der Waals surface area contributed by atoms with Crippen molar-refractivity contribution < 1.29 is 9.53 Å². The maximum atomic E-state index is 12.5. The minimum atomic E-state index is -0.253. The van der Waals surface area contributed by atoms with Crippen molar-refractivity contribution in [1.82, 2.24) is 15.0 Å². The molecule has 0 saturated heterocycles. The maximum Gasteiger partial charge on any atom is 0.247 e. The van der Waals surface area contributed by atoms with Crippen molar-refractivity contribution in [3.63, 3.8) is 0 Å². The molecule has 9 nitrogen and oxygen atoms in total. The Labute approximate surface area is 181 Å². The number of likely N-dealkylation sites (N-methyl/N-ethyl adjacent to an activating group) is 1. The summed E-state index contributed by atoms with van der Waals surface area (Å²) < 4.78 is 5.78. The molecule has 0 radical (unpaired) electrons. The summed E-state index contributed by atoms with van der Waals surface area (Å²) >= 11 is 0. The fourth-order valence-electron chi connectivity index (χ4n) is 4.20. The highest BCUT2D eigenvalue weighted by Crippen LogP contribution is 2.35. The van der Waals surface area contributed by atoms with Gasteiger partial charge in [0, 0.05) is 13.1 Å². The number of anilines is 3. The van der Waals surface area contributed by atoms with Gasteiger partial charge < -0.3 is 20.3 Å². The van der Waals surface area contributed by atoms with Gasteiger partial charge in [-0.3, -0.25) is 4.79 Å². The van der Waals surface area contributed by atoms with Gasteiger partial charge in [-0.25, -0.2) is 9.97 Å². The Morgan fingerprint density at radius 1 is 1.35 bits per heavy atom. The summed E-state index contributed by atoms with van der Waals surface area (Å²) in [6, 6.07) is 5.45. The number of aryl methyl sites for hydroxylation is 1. The number of carbonyl (C=O) groups is 1. The van der Waals surface area contributed by atoms with Crippen molar-refractivity contribution in [2.75, 3.05) is 29.2 Å². The minimum Gasteiger partial charge on any atom is -0.492 e. The first kappa shape index (κ1) is 20.8. The van der Waals surface area contributed by atoms with Crippen molar-refractivity contribution in [2.45, 2.75) is 45.7 Å². The molecule has 9 heteroatoms. The first-order chi connectivity index (χ1) is 14.9. The molecule has 1 aliphatic carbocycles. The number of nitrogens with zero attached hydrogens (tertiary/aromatic N) is 5. The summed E-state index contributed by atoms with van der Waals surface area (Å²) in [7, 11) is 1.91. The SMILES string of the molecule is Cc1nc(NC2CC(COc3ccc(C#N)nc3)C2)nc2c1NC(=O)C(C(C)C)N2C. The minimum absolute atomic E-state index is 0.0169. The molecule has 2 aromatic heterocycles. The van der Waals surface area contributed by atoms with Crippen LogP contribution in [0.5, 0.6) is 5.75 Å². The molecule has 3 heterocycles. The summed E-state index contributed by atoms with van der Waals surface area (Å²) in [4.78, 5) is 27.7. The zero-order valence-electron chi connectivity index (χ0n) is 18.2. The summed E-state index contributed by atoms with van der Waals surface area (Å²) in [5, 5.41) is 15.2. The lowest BCUT2D eigenvalue weighted by atomic mass is 9.81. The number of fused-ring (bicyclic) bond motifs is 1. The topological polar surface area (TPSA) is 116 Å². The molecular formula is C22H27N7O2. The van der Waals surface area contributed by atoms with E-state index in [1.54, 1.807) is 18.3 Å². The van der Waals surface area contributed by atoms with E-state index in [2.05, 4.69) is 20.6 Å². The predicted molar refractivity (Wildman–Crippen MR) is 117 cm³/mol. The van der Waals surface area contributed by atoms with Crippen molar-refractivity contribution in [3.8, 4) is 11.8 Å². The molecule has 31 heavy (non-hydrogen) atoms. The largest absolute Gasteiger partial charge is 0.492 e. The van der Waals surface area contributed by atoms with Gasteiger partial charge in [-0.15, -0.1) is 0 Å². The van der Waals surface area contributed by atoms with Crippen molar-refractivity contribution in [2.24, 2.45) is 11.8 Å². The Bertz CT molecular complexity index is 1010. The zero-order valence-corrected chi connectivity index (χ0v) is 18.2. The molecule has 1 atom stereocenters. The fourth-order valence-corrected chi connectivity index (χ4v) is 4.20. The highest BCUT2D eigenvalue weighted by molar-refractivity contribution is 6.03. The Morgan fingerprint density at radius 3 is 2.77 bits per heavy atom. The van der Waals surface area contributed by atoms with E-state index < -0.39 is 0 Å². The van der Waals surface area contributed by atoms with Crippen LogP contribution < -0.4 is 20.3 Å². The molecule has 0 aromatic carbocycles. The second-order valence-corrected chi connectivity index (χ2v) is 8.60. The Morgan fingerprint density at radius 2 is 2.13 bits per heavy atom. The van der Waals surface area contributed by atoms with Crippen LogP contribution in [-0.4, -0.2) is 46.6 Å². The maximum absolute atomic E-state index is 12.5. The van der Waals surface area contributed by atoms with E-state index in [4.69, 9.17) is 15.0 Å². The highest BCUT2D eigenvalue weighted by atomic mass is 16.5. The van der Waals surface area contributed by atoms with Crippen LogP contribution >= 0.6 is 0 Å². The van der Waals surface area contributed by atoms with Gasteiger partial charge in [0.1, 0.15) is 29.2 Å². The lowest BCUT2D eigenvalue weighted by molar-refractivity contribution is -0.118. The molecule has 0 bridgehead atoms.